The first kappa shape index (κ1) is 27.1. The van der Waals surface area contributed by atoms with E-state index in [0.717, 1.165) is 24.9 Å². The highest BCUT2D eigenvalue weighted by atomic mass is 27.0. The van der Waals surface area contributed by atoms with E-state index in [4.69, 9.17) is 14.2 Å². The minimum atomic E-state index is -0.439. The molecule has 10 heteroatoms. The zero-order valence-corrected chi connectivity index (χ0v) is 17.2. The van der Waals surface area contributed by atoms with Crippen molar-refractivity contribution in [1.82, 2.24) is 4.90 Å². The second-order valence-corrected chi connectivity index (χ2v) is 8.09. The molecule has 1 fully saturated rings. The zero-order valence-electron chi connectivity index (χ0n) is 17.2. The van der Waals surface area contributed by atoms with Crippen molar-refractivity contribution in [3.05, 3.63) is 35.4 Å². The summed E-state index contributed by atoms with van der Waals surface area (Å²) in [6, 6.07) is 4.28. The molecule has 0 aromatic heterocycles. The summed E-state index contributed by atoms with van der Waals surface area (Å²) in [4.78, 5) is 25.7. The smallest absolute Gasteiger partial charge is 0.308 e. The van der Waals surface area contributed by atoms with Crippen LogP contribution in [0, 0.1) is 5.92 Å². The number of likely N-dealkylation sites (tertiary alicyclic amines) is 1. The van der Waals surface area contributed by atoms with Gasteiger partial charge in [-0.05, 0) is 44.1 Å². The Morgan fingerprint density at radius 1 is 1.13 bits per heavy atom. The van der Waals surface area contributed by atoms with Gasteiger partial charge in [0.1, 0.15) is 6.10 Å². The Morgan fingerprint density at radius 3 is 2.48 bits per heavy atom. The third kappa shape index (κ3) is 3.67. The fraction of sp³-hybridized carbons (Fsp3) is 0.524. The van der Waals surface area contributed by atoms with Crippen LogP contribution in [0.25, 0.3) is 0 Å². The van der Waals surface area contributed by atoms with E-state index in [1.807, 2.05) is 12.1 Å². The molecule has 4 aliphatic rings. The monoisotopic (exact) mass is 453 g/mol. The zero-order chi connectivity index (χ0) is 18.9. The number of piperidine rings is 1. The van der Waals surface area contributed by atoms with Gasteiger partial charge in [0.15, 0.2) is 35.0 Å². The Kier molecular flexibility index (Phi) is 8.12. The van der Waals surface area contributed by atoms with Gasteiger partial charge in [0.25, 0.3) is 0 Å². The molecule has 0 radical (unpaired) electrons. The first-order valence-corrected chi connectivity index (χ1v) is 9.49. The number of hydrogen-bond acceptors (Lipinski definition) is 6. The Labute approximate surface area is 191 Å². The van der Waals surface area contributed by atoms with E-state index in [2.05, 4.69) is 24.1 Å². The molecular weight excluding hydrogens is 421 g/mol. The van der Waals surface area contributed by atoms with Crippen molar-refractivity contribution < 1.29 is 40.2 Å². The van der Waals surface area contributed by atoms with Crippen LogP contribution >= 0.6 is 0 Å². The molecule has 1 spiro atoms. The van der Waals surface area contributed by atoms with Crippen LogP contribution in [0.2, 0.25) is 0 Å². The number of nitrogens with zero attached hydrogens (tertiary/aromatic N) is 1. The molecular formula is C21H32AlNO8. The molecule has 5 rings (SSSR count). The molecule has 2 aliphatic carbocycles. The van der Waals surface area contributed by atoms with Crippen LogP contribution in [0.3, 0.4) is 0 Å². The minimum Gasteiger partial charge on any atom is -0.481 e. The predicted octanol–water partition coefficient (Wildman–Crippen LogP) is -1.67. The fourth-order valence-electron chi connectivity index (χ4n) is 5.74. The van der Waals surface area contributed by atoms with Crippen molar-refractivity contribution in [1.29, 1.82) is 0 Å². The predicted molar refractivity (Wildman–Crippen MR) is 118 cm³/mol. The average Bonchev–Trinajstić information content (AvgIpc) is 2.95. The van der Waals surface area contributed by atoms with Gasteiger partial charge in [0, 0.05) is 36.8 Å². The highest BCUT2D eigenvalue weighted by Crippen LogP contribution is 2.62. The maximum absolute atomic E-state index is 11.7. The lowest BCUT2D eigenvalue weighted by Gasteiger charge is -2.56. The number of carbonyl (C=O) groups is 2. The van der Waals surface area contributed by atoms with Gasteiger partial charge < -0.3 is 35.5 Å². The molecule has 172 valence electrons. The van der Waals surface area contributed by atoms with E-state index in [9.17, 15) is 9.59 Å². The van der Waals surface area contributed by atoms with Gasteiger partial charge in [-0.1, -0.05) is 12.1 Å². The molecule has 1 saturated heterocycles. The maximum atomic E-state index is 11.7. The third-order valence-electron chi connectivity index (χ3n) is 6.67. The summed E-state index contributed by atoms with van der Waals surface area (Å²) in [6.45, 7) is 3.77. The van der Waals surface area contributed by atoms with Crippen molar-refractivity contribution >= 4 is 29.3 Å². The summed E-state index contributed by atoms with van der Waals surface area (Å²) >= 11 is 0. The Morgan fingerprint density at radius 2 is 1.84 bits per heavy atom. The second kappa shape index (κ2) is 9.29. The quantitative estimate of drug-likeness (QED) is 0.225. The lowest BCUT2D eigenvalue weighted by molar-refractivity contribution is -0.152. The lowest BCUT2D eigenvalue weighted by atomic mass is 9.53. The minimum absolute atomic E-state index is 0. The van der Waals surface area contributed by atoms with Gasteiger partial charge in [0.05, 0.1) is 0 Å². The van der Waals surface area contributed by atoms with Gasteiger partial charge in [-0.2, -0.15) is 0 Å². The lowest BCUT2D eigenvalue weighted by Crippen LogP contribution is -2.65. The highest BCUT2D eigenvalue weighted by Gasteiger charge is 2.65. The van der Waals surface area contributed by atoms with Crippen molar-refractivity contribution in [3.8, 4) is 11.5 Å². The summed E-state index contributed by atoms with van der Waals surface area (Å²) in [7, 11) is 2.17. The van der Waals surface area contributed by atoms with E-state index in [0.29, 0.717) is 17.5 Å². The molecule has 31 heavy (non-hydrogen) atoms. The molecule has 0 unspecified atom stereocenters. The second-order valence-electron chi connectivity index (χ2n) is 8.09. The number of likely N-dealkylation sites (N-methyl/N-ethyl adjacent to an activating group) is 1. The maximum Gasteiger partial charge on any atom is 0.308 e. The Hall–Kier alpha value is -1.93. The van der Waals surface area contributed by atoms with Gasteiger partial charge in [-0.3, -0.25) is 9.59 Å². The Bertz CT molecular complexity index is 890. The molecule has 2 bridgehead atoms. The average molecular weight is 453 g/mol. The first-order chi connectivity index (χ1) is 12.9. The molecule has 1 aromatic carbocycles. The molecule has 2 aliphatic heterocycles. The molecule has 0 saturated carbocycles. The Balaban J connectivity index is 0.00000120. The molecule has 9 nitrogen and oxygen atoms in total. The number of esters is 2. The summed E-state index contributed by atoms with van der Waals surface area (Å²) in [5.74, 6) is 0.712. The molecule has 2 heterocycles. The number of ether oxygens (including phenoxy) is 3. The van der Waals surface area contributed by atoms with Gasteiger partial charge >= 0.3 is 11.9 Å². The normalized spacial score (nSPS) is 30.7. The molecule has 1 aromatic rings. The summed E-state index contributed by atoms with van der Waals surface area (Å²) in [5, 5.41) is 0. The van der Waals surface area contributed by atoms with Gasteiger partial charge in [0.2, 0.25) is 0 Å². The van der Waals surface area contributed by atoms with E-state index in [1.165, 1.54) is 19.4 Å². The first-order valence-electron chi connectivity index (χ1n) is 9.49. The summed E-state index contributed by atoms with van der Waals surface area (Å²) < 4.78 is 17.5. The number of rotatable bonds is 2. The molecule has 5 atom stereocenters. The van der Waals surface area contributed by atoms with Crippen LogP contribution in [0.4, 0.5) is 0 Å². The number of hydrogen-bond donors (Lipinski definition) is 0. The SMILES string of the molecule is CC(=O)Oc1ccc2c3c1O[C@H]1[C@@H](OC(C)=O)C=C[C@H]4[C@@H](C2)N(C)CC[C@@]341.O.O.O.[AlH3]. The standard InChI is InChI=1S/C21H23NO5.Al.3H2O.3H/c1-11(23)25-16-6-4-13-10-15-14-5-7-17(26-12(2)24)20-21(14,8-9-22(15)3)18(13)19(16)27-20;;;;;;;/h4-7,14-15,17,20H,8-10H2,1-3H3;;3*1H2;;;/t14-,15+,17-,20-,21-;;;;;;;/m0......./s1. The van der Waals surface area contributed by atoms with Crippen molar-refractivity contribution in [3.63, 3.8) is 0 Å². The van der Waals surface area contributed by atoms with Crippen LogP contribution in [0.15, 0.2) is 24.3 Å². The van der Waals surface area contributed by atoms with E-state index in [1.54, 1.807) is 0 Å². The van der Waals surface area contributed by atoms with Crippen molar-refractivity contribution in [2.75, 3.05) is 13.6 Å². The van der Waals surface area contributed by atoms with Crippen LogP contribution in [0.5, 0.6) is 11.5 Å². The summed E-state index contributed by atoms with van der Waals surface area (Å²) in [6.07, 6.45) is 5.31. The van der Waals surface area contributed by atoms with Crippen LogP contribution in [0.1, 0.15) is 31.4 Å². The van der Waals surface area contributed by atoms with Gasteiger partial charge in [-0.15, -0.1) is 0 Å². The van der Waals surface area contributed by atoms with Crippen LogP contribution in [-0.2, 0) is 26.2 Å². The molecule has 6 N–H and O–H groups in total. The largest absolute Gasteiger partial charge is 0.481 e. The van der Waals surface area contributed by atoms with Crippen molar-refractivity contribution in [2.24, 2.45) is 5.92 Å². The van der Waals surface area contributed by atoms with Gasteiger partial charge in [-0.25, -0.2) is 0 Å². The number of benzene rings is 1. The van der Waals surface area contributed by atoms with Crippen molar-refractivity contribution in [2.45, 2.75) is 50.4 Å². The highest BCUT2D eigenvalue weighted by molar-refractivity contribution is 5.75. The molecule has 0 amide bonds. The van der Waals surface area contributed by atoms with Crippen LogP contribution < -0.4 is 9.47 Å². The fourth-order valence-corrected chi connectivity index (χ4v) is 5.74. The van der Waals surface area contributed by atoms with E-state index in [-0.39, 0.29) is 63.2 Å². The van der Waals surface area contributed by atoms with Crippen LogP contribution in [-0.4, -0.2) is 82.5 Å². The van der Waals surface area contributed by atoms with E-state index >= 15 is 0 Å². The third-order valence-corrected chi connectivity index (χ3v) is 6.67. The summed E-state index contributed by atoms with van der Waals surface area (Å²) in [5.41, 5.74) is 2.15. The van der Waals surface area contributed by atoms with E-state index < -0.39 is 6.10 Å². The number of carbonyl (C=O) groups excluding carboxylic acids is 2. The topological polar surface area (TPSA) is 160 Å².